The van der Waals surface area contributed by atoms with Crippen LogP contribution in [0.3, 0.4) is 0 Å². The van der Waals surface area contributed by atoms with E-state index in [9.17, 15) is 13.9 Å². The summed E-state index contributed by atoms with van der Waals surface area (Å²) in [5, 5.41) is 10.5. The van der Waals surface area contributed by atoms with Crippen LogP contribution in [0.4, 0.5) is 8.78 Å². The number of fused-ring (bicyclic) bond motifs is 1. The highest BCUT2D eigenvalue weighted by molar-refractivity contribution is 7.15. The Morgan fingerprint density at radius 3 is 2.60 bits per heavy atom. The van der Waals surface area contributed by atoms with E-state index in [-0.39, 0.29) is 11.0 Å². The summed E-state index contributed by atoms with van der Waals surface area (Å²) in [4.78, 5) is 5.11. The molecule has 1 heterocycles. The van der Waals surface area contributed by atoms with Crippen LogP contribution in [0.5, 0.6) is 0 Å². The van der Waals surface area contributed by atoms with E-state index in [1.54, 1.807) is 0 Å². The highest BCUT2D eigenvalue weighted by atomic mass is 32.1. The molecule has 1 aromatic carbocycles. The first kappa shape index (κ1) is 13.6. The van der Waals surface area contributed by atoms with Gasteiger partial charge in [0, 0.05) is 0 Å². The zero-order valence-corrected chi connectivity index (χ0v) is 12.1. The van der Waals surface area contributed by atoms with E-state index in [4.69, 9.17) is 0 Å². The van der Waals surface area contributed by atoms with Gasteiger partial charge in [0.15, 0.2) is 0 Å². The van der Waals surface area contributed by atoms with Crippen molar-refractivity contribution in [3.05, 3.63) is 40.4 Å². The van der Waals surface area contributed by atoms with Crippen molar-refractivity contribution in [3.63, 3.8) is 0 Å². The maximum atomic E-state index is 13.8. The molecule has 0 fully saturated rings. The molecule has 0 radical (unpaired) electrons. The van der Waals surface area contributed by atoms with Crippen molar-refractivity contribution >= 4 is 11.3 Å². The van der Waals surface area contributed by atoms with Crippen LogP contribution in [0.25, 0.3) is 10.6 Å². The Morgan fingerprint density at radius 2 is 1.95 bits per heavy atom. The molecule has 2 aromatic rings. The van der Waals surface area contributed by atoms with Gasteiger partial charge in [0.25, 0.3) is 0 Å². The van der Waals surface area contributed by atoms with E-state index >= 15 is 0 Å². The molecule has 0 saturated carbocycles. The second-order valence-corrected chi connectivity index (χ2v) is 7.02. The minimum Gasteiger partial charge on any atom is -0.387 e. The second kappa shape index (κ2) is 4.60. The molecule has 5 heteroatoms. The summed E-state index contributed by atoms with van der Waals surface area (Å²) < 4.78 is 27.6. The topological polar surface area (TPSA) is 33.1 Å². The Hall–Kier alpha value is -1.33. The Labute approximate surface area is 120 Å². The van der Waals surface area contributed by atoms with Crippen LogP contribution in [0.1, 0.15) is 36.9 Å². The van der Waals surface area contributed by atoms with E-state index in [1.165, 1.54) is 29.5 Å². The van der Waals surface area contributed by atoms with E-state index in [1.807, 2.05) is 0 Å². The van der Waals surface area contributed by atoms with Crippen LogP contribution in [0.15, 0.2) is 18.2 Å². The Bertz CT molecular complexity index is 646. The molecule has 1 aliphatic carbocycles. The number of aliphatic hydroxyl groups is 1. The monoisotopic (exact) mass is 295 g/mol. The van der Waals surface area contributed by atoms with Gasteiger partial charge in [-0.3, -0.25) is 0 Å². The molecule has 106 valence electrons. The fourth-order valence-electron chi connectivity index (χ4n) is 2.70. The molecule has 1 aliphatic rings. The fraction of sp³-hybridized carbons (Fsp3) is 0.400. The Morgan fingerprint density at radius 1 is 1.30 bits per heavy atom. The van der Waals surface area contributed by atoms with Gasteiger partial charge in [-0.25, -0.2) is 13.8 Å². The van der Waals surface area contributed by atoms with Crippen LogP contribution in [-0.2, 0) is 6.42 Å². The molecular formula is C15H15F2NOS. The lowest BCUT2D eigenvalue weighted by Gasteiger charge is -2.31. The van der Waals surface area contributed by atoms with Crippen molar-refractivity contribution in [1.82, 2.24) is 4.98 Å². The first-order valence-electron chi connectivity index (χ1n) is 6.49. The maximum absolute atomic E-state index is 13.8. The maximum Gasteiger partial charge on any atom is 0.136 e. The van der Waals surface area contributed by atoms with Crippen LogP contribution in [-0.4, -0.2) is 10.1 Å². The zero-order chi connectivity index (χ0) is 14.5. The number of rotatable bonds is 1. The van der Waals surface area contributed by atoms with E-state index < -0.39 is 17.7 Å². The number of hydrogen-bond donors (Lipinski definition) is 1. The number of aliphatic hydroxyl groups excluding tert-OH is 1. The normalized spacial score (nSPS) is 20.8. The highest BCUT2D eigenvalue weighted by Gasteiger charge is 2.34. The summed E-state index contributed by atoms with van der Waals surface area (Å²) >= 11 is 1.18. The number of aromatic nitrogens is 1. The van der Waals surface area contributed by atoms with E-state index in [0.717, 1.165) is 10.6 Å². The van der Waals surface area contributed by atoms with Gasteiger partial charge in [-0.1, -0.05) is 19.9 Å². The summed E-state index contributed by atoms with van der Waals surface area (Å²) in [5.41, 5.74) is 0.610. The summed E-state index contributed by atoms with van der Waals surface area (Å²) in [6.07, 6.45) is 0.753. The van der Waals surface area contributed by atoms with Gasteiger partial charge >= 0.3 is 0 Å². The lowest BCUT2D eigenvalue weighted by molar-refractivity contribution is 0.102. The van der Waals surface area contributed by atoms with Crippen LogP contribution >= 0.6 is 11.3 Å². The predicted octanol–water partition coefficient (Wildman–Crippen LogP) is 4.09. The molecule has 0 saturated heterocycles. The van der Waals surface area contributed by atoms with E-state index in [0.29, 0.717) is 17.8 Å². The summed E-state index contributed by atoms with van der Waals surface area (Å²) in [6.45, 7) is 4.11. The minimum absolute atomic E-state index is 0.0501. The smallest absolute Gasteiger partial charge is 0.136 e. The van der Waals surface area contributed by atoms with Crippen molar-refractivity contribution < 1.29 is 13.9 Å². The van der Waals surface area contributed by atoms with Crippen molar-refractivity contribution in [2.24, 2.45) is 5.41 Å². The highest BCUT2D eigenvalue weighted by Crippen LogP contribution is 2.45. The van der Waals surface area contributed by atoms with Crippen molar-refractivity contribution in [2.45, 2.75) is 32.8 Å². The minimum atomic E-state index is -0.621. The van der Waals surface area contributed by atoms with Gasteiger partial charge in [-0.2, -0.15) is 0 Å². The first-order valence-corrected chi connectivity index (χ1v) is 7.31. The molecule has 0 bridgehead atoms. The second-order valence-electron chi connectivity index (χ2n) is 5.99. The van der Waals surface area contributed by atoms with Crippen LogP contribution < -0.4 is 0 Å². The average Bonchev–Trinajstić information content (AvgIpc) is 2.70. The molecular weight excluding hydrogens is 280 g/mol. The third-order valence-electron chi connectivity index (χ3n) is 3.60. The predicted molar refractivity (Wildman–Crippen MR) is 74.5 cm³/mol. The van der Waals surface area contributed by atoms with Gasteiger partial charge in [-0.05, 0) is 30.4 Å². The summed E-state index contributed by atoms with van der Waals surface area (Å²) in [5.74, 6) is -1.24. The largest absolute Gasteiger partial charge is 0.387 e. The van der Waals surface area contributed by atoms with Gasteiger partial charge in [0.05, 0.1) is 22.2 Å². The SMILES string of the molecule is CC1(C)Cc2nc(-c3c(F)cccc3F)sc2C(O)C1. The molecule has 0 amide bonds. The molecule has 20 heavy (non-hydrogen) atoms. The third-order valence-corrected chi connectivity index (χ3v) is 4.82. The number of benzene rings is 1. The first-order chi connectivity index (χ1) is 9.37. The lowest BCUT2D eigenvalue weighted by atomic mass is 9.77. The van der Waals surface area contributed by atoms with E-state index in [2.05, 4.69) is 18.8 Å². The molecule has 0 aliphatic heterocycles. The van der Waals surface area contributed by atoms with Gasteiger partial charge in [-0.15, -0.1) is 11.3 Å². The molecule has 0 spiro atoms. The van der Waals surface area contributed by atoms with Gasteiger partial charge < -0.3 is 5.11 Å². The molecule has 1 unspecified atom stereocenters. The molecule has 1 N–H and O–H groups in total. The Kier molecular flexibility index (Phi) is 3.14. The Balaban J connectivity index is 2.11. The molecule has 2 nitrogen and oxygen atoms in total. The van der Waals surface area contributed by atoms with Gasteiger partial charge in [0.2, 0.25) is 0 Å². The summed E-state index contributed by atoms with van der Waals surface area (Å²) in [6, 6.07) is 3.78. The van der Waals surface area contributed by atoms with Crippen LogP contribution in [0.2, 0.25) is 0 Å². The van der Waals surface area contributed by atoms with Crippen molar-refractivity contribution in [1.29, 1.82) is 0 Å². The van der Waals surface area contributed by atoms with Gasteiger partial charge in [0.1, 0.15) is 16.6 Å². The zero-order valence-electron chi connectivity index (χ0n) is 11.3. The fourth-order valence-corrected chi connectivity index (χ4v) is 3.82. The lowest BCUT2D eigenvalue weighted by Crippen LogP contribution is -2.24. The van der Waals surface area contributed by atoms with Crippen LogP contribution in [0, 0.1) is 17.0 Å². The quantitative estimate of drug-likeness (QED) is 0.859. The number of thiazole rings is 1. The van der Waals surface area contributed by atoms with Crippen molar-refractivity contribution in [3.8, 4) is 10.6 Å². The average molecular weight is 295 g/mol. The summed E-state index contributed by atoms with van der Waals surface area (Å²) in [7, 11) is 0. The molecule has 1 aromatic heterocycles. The standard InChI is InChI=1S/C15H15F2NOS/c1-15(2)6-10-13(11(19)7-15)20-14(18-10)12-8(16)4-3-5-9(12)17/h3-5,11,19H,6-7H2,1-2H3. The van der Waals surface area contributed by atoms with Crippen molar-refractivity contribution in [2.75, 3.05) is 0 Å². The number of halogens is 2. The molecule has 1 atom stereocenters. The number of hydrogen-bond acceptors (Lipinski definition) is 3. The molecule has 3 rings (SSSR count). The third kappa shape index (κ3) is 2.25. The number of nitrogens with zero attached hydrogens (tertiary/aromatic N) is 1.